The SMILES string of the molecule is c1cc(Cc2cnc[nH]2)c2cccnc2c1. The Bertz CT molecular complexity index is 594. The highest BCUT2D eigenvalue weighted by Crippen LogP contribution is 2.18. The average molecular weight is 209 g/mol. The summed E-state index contributed by atoms with van der Waals surface area (Å²) < 4.78 is 0. The Morgan fingerprint density at radius 3 is 3.00 bits per heavy atom. The Morgan fingerprint density at radius 1 is 1.12 bits per heavy atom. The molecule has 0 spiro atoms. The number of H-pyrrole nitrogens is 1. The second-order valence-corrected chi connectivity index (χ2v) is 3.74. The van der Waals surface area contributed by atoms with Crippen LogP contribution < -0.4 is 0 Å². The molecule has 0 aliphatic heterocycles. The van der Waals surface area contributed by atoms with Crippen LogP contribution in [0.5, 0.6) is 0 Å². The highest BCUT2D eigenvalue weighted by atomic mass is 14.9. The molecule has 3 rings (SSSR count). The lowest BCUT2D eigenvalue weighted by Gasteiger charge is -2.03. The second kappa shape index (κ2) is 3.77. The maximum absolute atomic E-state index is 4.35. The van der Waals surface area contributed by atoms with Crippen molar-refractivity contribution < 1.29 is 0 Å². The second-order valence-electron chi connectivity index (χ2n) is 3.74. The Labute approximate surface area is 93.2 Å². The lowest BCUT2D eigenvalue weighted by Crippen LogP contribution is -1.90. The van der Waals surface area contributed by atoms with Gasteiger partial charge in [0.25, 0.3) is 0 Å². The average Bonchev–Trinajstić information content (AvgIpc) is 2.82. The van der Waals surface area contributed by atoms with Crippen LogP contribution >= 0.6 is 0 Å². The molecule has 0 aliphatic carbocycles. The number of fused-ring (bicyclic) bond motifs is 1. The standard InChI is InChI=1S/C13H11N3/c1-3-10(7-11-8-14-9-16-11)12-4-2-6-15-13(12)5-1/h1-6,8-9H,7H2,(H,14,16). The summed E-state index contributed by atoms with van der Waals surface area (Å²) in [4.78, 5) is 11.5. The first-order valence-corrected chi connectivity index (χ1v) is 5.23. The molecule has 1 N–H and O–H groups in total. The van der Waals surface area contributed by atoms with Gasteiger partial charge >= 0.3 is 0 Å². The number of nitrogens with zero attached hydrogens (tertiary/aromatic N) is 2. The van der Waals surface area contributed by atoms with E-state index in [1.165, 1.54) is 10.9 Å². The summed E-state index contributed by atoms with van der Waals surface area (Å²) in [5.74, 6) is 0. The van der Waals surface area contributed by atoms with Gasteiger partial charge in [-0.1, -0.05) is 18.2 Å². The number of nitrogens with one attached hydrogen (secondary N) is 1. The van der Waals surface area contributed by atoms with Crippen molar-refractivity contribution in [2.45, 2.75) is 6.42 Å². The van der Waals surface area contributed by atoms with E-state index >= 15 is 0 Å². The number of rotatable bonds is 2. The number of pyridine rings is 1. The Balaban J connectivity index is 2.10. The fourth-order valence-electron chi connectivity index (χ4n) is 1.91. The molecule has 0 saturated carbocycles. The first-order valence-electron chi connectivity index (χ1n) is 5.23. The first kappa shape index (κ1) is 9.09. The zero-order valence-electron chi connectivity index (χ0n) is 8.72. The van der Waals surface area contributed by atoms with Crippen LogP contribution in [0.25, 0.3) is 10.9 Å². The predicted octanol–water partition coefficient (Wildman–Crippen LogP) is 2.55. The van der Waals surface area contributed by atoms with E-state index in [4.69, 9.17) is 0 Å². The van der Waals surface area contributed by atoms with Gasteiger partial charge in [0, 0.05) is 29.9 Å². The van der Waals surface area contributed by atoms with Gasteiger partial charge in [0.1, 0.15) is 0 Å². The highest BCUT2D eigenvalue weighted by molar-refractivity contribution is 5.82. The number of benzene rings is 1. The molecule has 0 bridgehead atoms. The fourth-order valence-corrected chi connectivity index (χ4v) is 1.91. The number of aromatic amines is 1. The molecule has 3 heteroatoms. The number of imidazole rings is 1. The number of aromatic nitrogens is 3. The minimum Gasteiger partial charge on any atom is -0.348 e. The minimum absolute atomic E-state index is 0.864. The van der Waals surface area contributed by atoms with Crippen LogP contribution in [0.3, 0.4) is 0 Å². The van der Waals surface area contributed by atoms with Crippen molar-refractivity contribution in [2.75, 3.05) is 0 Å². The maximum atomic E-state index is 4.35. The molecule has 0 saturated heterocycles. The fraction of sp³-hybridized carbons (Fsp3) is 0.0769. The van der Waals surface area contributed by atoms with Crippen LogP contribution in [0.2, 0.25) is 0 Å². The summed E-state index contributed by atoms with van der Waals surface area (Å²) in [7, 11) is 0. The molecule has 0 aliphatic rings. The van der Waals surface area contributed by atoms with Crippen molar-refractivity contribution in [2.24, 2.45) is 0 Å². The van der Waals surface area contributed by atoms with Crippen molar-refractivity contribution in [3.05, 3.63) is 60.3 Å². The van der Waals surface area contributed by atoms with Crippen LogP contribution in [0.1, 0.15) is 11.3 Å². The van der Waals surface area contributed by atoms with Gasteiger partial charge in [0.15, 0.2) is 0 Å². The molecule has 2 aromatic heterocycles. The van der Waals surface area contributed by atoms with Crippen LogP contribution in [0.15, 0.2) is 49.1 Å². The summed E-state index contributed by atoms with van der Waals surface area (Å²) >= 11 is 0. The molecule has 1 aromatic carbocycles. The summed E-state index contributed by atoms with van der Waals surface area (Å²) in [5.41, 5.74) is 3.44. The van der Waals surface area contributed by atoms with Crippen LogP contribution in [0, 0.1) is 0 Å². The Kier molecular flexibility index (Phi) is 2.14. The molecule has 3 aromatic rings. The highest BCUT2D eigenvalue weighted by Gasteiger charge is 2.02. The Hall–Kier alpha value is -2.16. The van der Waals surface area contributed by atoms with Gasteiger partial charge in [-0.2, -0.15) is 0 Å². The molecule has 3 nitrogen and oxygen atoms in total. The zero-order valence-corrected chi connectivity index (χ0v) is 8.72. The third-order valence-corrected chi connectivity index (χ3v) is 2.67. The molecule has 0 atom stereocenters. The quantitative estimate of drug-likeness (QED) is 0.704. The minimum atomic E-state index is 0.864. The van der Waals surface area contributed by atoms with Crippen LogP contribution in [-0.2, 0) is 6.42 Å². The van der Waals surface area contributed by atoms with Crippen molar-refractivity contribution in [3.63, 3.8) is 0 Å². The van der Waals surface area contributed by atoms with E-state index in [2.05, 4.69) is 27.1 Å². The molecule has 0 fully saturated rings. The van der Waals surface area contributed by atoms with Gasteiger partial charge in [0.2, 0.25) is 0 Å². The van der Waals surface area contributed by atoms with E-state index in [1.807, 2.05) is 30.6 Å². The molecule has 16 heavy (non-hydrogen) atoms. The Morgan fingerprint density at radius 2 is 2.12 bits per heavy atom. The van der Waals surface area contributed by atoms with Crippen molar-refractivity contribution in [1.82, 2.24) is 15.0 Å². The predicted molar refractivity (Wildman–Crippen MR) is 63.1 cm³/mol. The lowest BCUT2D eigenvalue weighted by atomic mass is 10.0. The molecule has 2 heterocycles. The van der Waals surface area contributed by atoms with E-state index in [9.17, 15) is 0 Å². The molecular weight excluding hydrogens is 198 g/mol. The first-order chi connectivity index (χ1) is 7.93. The van der Waals surface area contributed by atoms with Gasteiger partial charge in [0.05, 0.1) is 11.8 Å². The molecule has 0 unspecified atom stereocenters. The maximum Gasteiger partial charge on any atom is 0.0921 e. The third kappa shape index (κ3) is 1.56. The van der Waals surface area contributed by atoms with Gasteiger partial charge < -0.3 is 4.98 Å². The summed E-state index contributed by atoms with van der Waals surface area (Å²) in [6, 6.07) is 10.3. The molecule has 0 radical (unpaired) electrons. The smallest absolute Gasteiger partial charge is 0.0921 e. The zero-order chi connectivity index (χ0) is 10.8. The molecular formula is C13H11N3. The van der Waals surface area contributed by atoms with Gasteiger partial charge in [-0.05, 0) is 17.7 Å². The lowest BCUT2D eigenvalue weighted by molar-refractivity contribution is 1.12. The van der Waals surface area contributed by atoms with Crippen LogP contribution in [-0.4, -0.2) is 15.0 Å². The topological polar surface area (TPSA) is 41.6 Å². The van der Waals surface area contributed by atoms with Crippen LogP contribution in [0.4, 0.5) is 0 Å². The van der Waals surface area contributed by atoms with E-state index < -0.39 is 0 Å². The largest absolute Gasteiger partial charge is 0.348 e. The molecule has 0 amide bonds. The number of hydrogen-bond acceptors (Lipinski definition) is 2. The monoisotopic (exact) mass is 209 g/mol. The van der Waals surface area contributed by atoms with Gasteiger partial charge in [-0.25, -0.2) is 4.98 Å². The number of hydrogen-bond donors (Lipinski definition) is 1. The van der Waals surface area contributed by atoms with E-state index in [1.54, 1.807) is 6.33 Å². The summed E-state index contributed by atoms with van der Waals surface area (Å²) in [6.07, 6.45) is 6.25. The van der Waals surface area contributed by atoms with Crippen molar-refractivity contribution >= 4 is 10.9 Å². The van der Waals surface area contributed by atoms with Gasteiger partial charge in [-0.3, -0.25) is 4.98 Å². The summed E-state index contributed by atoms with van der Waals surface area (Å²) in [5, 5.41) is 1.21. The van der Waals surface area contributed by atoms with Crippen molar-refractivity contribution in [3.8, 4) is 0 Å². The normalized spacial score (nSPS) is 10.8. The summed E-state index contributed by atoms with van der Waals surface area (Å²) in [6.45, 7) is 0. The van der Waals surface area contributed by atoms with E-state index in [0.29, 0.717) is 0 Å². The van der Waals surface area contributed by atoms with Crippen molar-refractivity contribution in [1.29, 1.82) is 0 Å². The van der Waals surface area contributed by atoms with E-state index in [0.717, 1.165) is 17.6 Å². The molecule has 78 valence electrons. The van der Waals surface area contributed by atoms with Gasteiger partial charge in [-0.15, -0.1) is 0 Å². The van der Waals surface area contributed by atoms with E-state index in [-0.39, 0.29) is 0 Å². The third-order valence-electron chi connectivity index (χ3n) is 2.67.